The molecule has 0 aromatic carbocycles. The Balaban J connectivity index is -0.0000000852. The maximum atomic E-state index is 10.1. The topological polar surface area (TPSA) is 527 Å². The normalized spacial score (nSPS) is 12.0. The summed E-state index contributed by atoms with van der Waals surface area (Å²) in [5, 5.41) is 71.3. The summed E-state index contributed by atoms with van der Waals surface area (Å²) >= 11 is 3.65. The van der Waals surface area contributed by atoms with Crippen molar-refractivity contribution in [2.24, 2.45) is 45.9 Å². The summed E-state index contributed by atoms with van der Waals surface area (Å²) in [5.41, 5.74) is 38.9. The molecular formula is C23H52N8O17S. The fourth-order valence-corrected chi connectivity index (χ4v) is 1.22. The zero-order chi connectivity index (χ0) is 40.9. The van der Waals surface area contributed by atoms with E-state index in [1.807, 2.05) is 0 Å². The van der Waals surface area contributed by atoms with Gasteiger partial charge >= 0.3 is 47.8 Å². The molecule has 0 saturated heterocycles. The second-order valence-electron chi connectivity index (χ2n) is 8.35. The fraction of sp³-hybridized carbons (Fsp3) is 0.652. The van der Waals surface area contributed by atoms with E-state index >= 15 is 0 Å². The molecule has 0 bridgehead atoms. The number of carboxylic acids is 8. The van der Waals surface area contributed by atoms with Gasteiger partial charge in [-0.1, -0.05) is 6.42 Å². The minimum absolute atomic E-state index is 0.190. The average molecular weight is 745 g/mol. The predicted octanol–water partition coefficient (Wildman–Crippen LogP) is -6.40. The van der Waals surface area contributed by atoms with Crippen LogP contribution in [0, 0.1) is 0 Å². The van der Waals surface area contributed by atoms with Gasteiger partial charge in [-0.2, -0.15) is 12.6 Å². The highest BCUT2D eigenvalue weighted by Gasteiger charge is 2.14. The summed E-state index contributed by atoms with van der Waals surface area (Å²) in [5.74, 6) is -8.32. The van der Waals surface area contributed by atoms with Crippen molar-refractivity contribution >= 4 is 60.4 Å². The summed E-state index contributed by atoms with van der Waals surface area (Å²) < 4.78 is 0. The van der Waals surface area contributed by atoms with E-state index in [1.165, 1.54) is 6.92 Å². The number of nitrogens with two attached hydrogens (primary N) is 8. The number of carbonyl (C=O) groups is 8. The molecule has 0 aromatic rings. The standard InChI is InChI=1S/C6H14N2O2.C4H7NO4.C3H7NO3.C3H7NO2S.C3H7NO2.2C2H5NO2/c7-4-2-1-3-5(8)6(9)10;5-2(4(8)9)1-3(6)7;4-2(1-5)3(6)7;4-2(1-7)3(5)6;1-2(4)3(5)6;2*3-1-2(4)5/h5H,1-4,7-8H2,(H,9,10);2H,1,5H2,(H,6,7)(H,8,9);2,5H,1,4H2,(H,6,7);2,7H,1,4H2,(H,5,6);2H,4H2,1H3,(H,5,6);2*1,3H2,(H,4,5). The van der Waals surface area contributed by atoms with Gasteiger partial charge in [0.2, 0.25) is 0 Å². The van der Waals surface area contributed by atoms with E-state index in [1.54, 1.807) is 0 Å². The number of hydrogen-bond donors (Lipinski definition) is 18. The molecule has 0 heterocycles. The molecule has 49 heavy (non-hydrogen) atoms. The van der Waals surface area contributed by atoms with Crippen LogP contribution in [0.3, 0.4) is 0 Å². The van der Waals surface area contributed by atoms with Crippen LogP contribution in [-0.2, 0) is 38.4 Å². The number of thiol groups is 1. The van der Waals surface area contributed by atoms with Crippen LogP contribution in [0.4, 0.5) is 0 Å². The molecule has 0 aliphatic carbocycles. The third-order valence-electron chi connectivity index (χ3n) is 3.76. The second-order valence-corrected chi connectivity index (χ2v) is 8.71. The van der Waals surface area contributed by atoms with Crippen molar-refractivity contribution in [2.75, 3.05) is 32.0 Å². The molecule has 0 fully saturated rings. The van der Waals surface area contributed by atoms with Gasteiger partial charge in [0.1, 0.15) is 30.2 Å². The van der Waals surface area contributed by atoms with Crippen LogP contribution < -0.4 is 45.9 Å². The average Bonchev–Trinajstić information content (AvgIpc) is 3.01. The van der Waals surface area contributed by atoms with Crippen molar-refractivity contribution in [3.63, 3.8) is 0 Å². The molecule has 25 N–H and O–H groups in total. The minimum atomic E-state index is -1.29. The number of aliphatic hydroxyl groups is 1. The Kier molecular flexibility index (Phi) is 51.2. The fourth-order valence-electron chi connectivity index (χ4n) is 1.06. The highest BCUT2D eigenvalue weighted by atomic mass is 32.1. The van der Waals surface area contributed by atoms with Crippen molar-refractivity contribution in [1.29, 1.82) is 0 Å². The maximum absolute atomic E-state index is 10.1. The summed E-state index contributed by atoms with van der Waals surface area (Å²) in [4.78, 5) is 77.2. The van der Waals surface area contributed by atoms with Gasteiger partial charge in [-0.25, -0.2) is 0 Å². The minimum Gasteiger partial charge on any atom is -0.481 e. The van der Waals surface area contributed by atoms with Crippen LogP contribution in [0.1, 0.15) is 32.6 Å². The van der Waals surface area contributed by atoms with Gasteiger partial charge in [-0.05, 0) is 26.3 Å². The summed E-state index contributed by atoms with van der Waals surface area (Å²) in [6, 6.07) is -4.68. The highest BCUT2D eigenvalue weighted by Crippen LogP contribution is 1.97. The Labute approximate surface area is 285 Å². The molecule has 25 nitrogen and oxygen atoms in total. The van der Waals surface area contributed by atoms with E-state index < -0.39 is 91.0 Å². The lowest BCUT2D eigenvalue weighted by atomic mass is 10.1. The second kappa shape index (κ2) is 41.8. The van der Waals surface area contributed by atoms with E-state index in [-0.39, 0.29) is 18.8 Å². The van der Waals surface area contributed by atoms with E-state index in [9.17, 15) is 38.4 Å². The van der Waals surface area contributed by atoms with Gasteiger partial charge in [0.25, 0.3) is 0 Å². The Hall–Kier alpha value is -4.25. The van der Waals surface area contributed by atoms with Gasteiger partial charge in [0, 0.05) is 5.75 Å². The molecule has 0 radical (unpaired) electrons. The van der Waals surface area contributed by atoms with E-state index in [0.29, 0.717) is 13.0 Å². The lowest BCUT2D eigenvalue weighted by molar-refractivity contribution is -0.144. The quantitative estimate of drug-likeness (QED) is 0.0547. The first kappa shape index (κ1) is 60.1. The lowest BCUT2D eigenvalue weighted by Crippen LogP contribution is -2.33. The number of rotatable bonds is 15. The van der Waals surface area contributed by atoms with E-state index in [2.05, 4.69) is 24.1 Å². The lowest BCUT2D eigenvalue weighted by Gasteiger charge is -2.03. The molecular weight excluding hydrogens is 692 g/mol. The Morgan fingerprint density at radius 2 is 0.837 bits per heavy atom. The van der Waals surface area contributed by atoms with Crippen LogP contribution in [0.15, 0.2) is 0 Å². The maximum Gasteiger partial charge on any atom is 0.322 e. The zero-order valence-corrected chi connectivity index (χ0v) is 27.5. The van der Waals surface area contributed by atoms with Crippen LogP contribution in [0.2, 0.25) is 0 Å². The molecule has 0 aliphatic heterocycles. The number of unbranched alkanes of at least 4 members (excludes halogenated alkanes) is 1. The number of aliphatic carboxylic acids is 8. The molecule has 0 aromatic heterocycles. The third kappa shape index (κ3) is 71.1. The van der Waals surface area contributed by atoms with Gasteiger partial charge < -0.3 is 91.8 Å². The predicted molar refractivity (Wildman–Crippen MR) is 173 cm³/mol. The van der Waals surface area contributed by atoms with Crippen LogP contribution in [-0.4, -0.2) is 156 Å². The smallest absolute Gasteiger partial charge is 0.322 e. The number of hydrogen-bond acceptors (Lipinski definition) is 18. The van der Waals surface area contributed by atoms with Crippen molar-refractivity contribution in [2.45, 2.75) is 62.8 Å². The number of aliphatic hydroxyl groups excluding tert-OH is 1. The largest absolute Gasteiger partial charge is 0.481 e. The monoisotopic (exact) mass is 744 g/mol. The molecule has 0 amide bonds. The van der Waals surface area contributed by atoms with E-state index in [0.717, 1.165) is 12.8 Å². The first-order valence-electron chi connectivity index (χ1n) is 13.2. The molecule has 0 spiro atoms. The third-order valence-corrected chi connectivity index (χ3v) is 4.16. The summed E-state index contributed by atoms with van der Waals surface area (Å²) in [6.45, 7) is 0.962. The first-order chi connectivity index (χ1) is 22.3. The van der Waals surface area contributed by atoms with Gasteiger partial charge in [0.15, 0.2) is 0 Å². The molecule has 292 valence electrons. The Bertz CT molecular complexity index is 898. The van der Waals surface area contributed by atoms with Crippen LogP contribution >= 0.6 is 12.6 Å². The molecule has 5 atom stereocenters. The van der Waals surface area contributed by atoms with Crippen molar-refractivity contribution in [1.82, 2.24) is 0 Å². The Morgan fingerprint density at radius 3 is 0.939 bits per heavy atom. The van der Waals surface area contributed by atoms with Crippen LogP contribution in [0.25, 0.3) is 0 Å². The molecule has 0 saturated carbocycles. The van der Waals surface area contributed by atoms with Crippen LogP contribution in [0.5, 0.6) is 0 Å². The summed E-state index contributed by atoms with van der Waals surface area (Å²) in [7, 11) is 0. The van der Waals surface area contributed by atoms with Gasteiger partial charge in [0.05, 0.1) is 26.1 Å². The Morgan fingerprint density at radius 1 is 0.531 bits per heavy atom. The van der Waals surface area contributed by atoms with E-state index in [4.69, 9.17) is 80.4 Å². The van der Waals surface area contributed by atoms with Gasteiger partial charge in [-0.3, -0.25) is 38.4 Å². The zero-order valence-electron chi connectivity index (χ0n) is 26.6. The van der Waals surface area contributed by atoms with Crippen molar-refractivity contribution in [3.8, 4) is 0 Å². The molecule has 5 unspecified atom stereocenters. The number of carboxylic acid groups (broad SMARTS) is 8. The molecule has 0 rings (SSSR count). The molecule has 0 aliphatic rings. The highest BCUT2D eigenvalue weighted by molar-refractivity contribution is 7.80. The van der Waals surface area contributed by atoms with Crippen molar-refractivity contribution < 1.29 is 84.3 Å². The SMILES string of the molecule is CC(N)C(=O)O.NC(CC(=O)O)C(=O)O.NC(CO)C(=O)O.NC(CS)C(=O)O.NCC(=O)O.NCC(=O)O.NCCCCC(N)C(=O)O. The van der Waals surface area contributed by atoms with Gasteiger partial charge in [-0.15, -0.1) is 0 Å². The summed E-state index contributed by atoms with van der Waals surface area (Å²) in [6.07, 6.45) is 1.63. The first-order valence-corrected chi connectivity index (χ1v) is 13.8. The van der Waals surface area contributed by atoms with Crippen molar-refractivity contribution in [3.05, 3.63) is 0 Å². The molecule has 26 heteroatoms.